The van der Waals surface area contributed by atoms with Crippen LogP contribution in [0.25, 0.3) is 17.2 Å². The quantitative estimate of drug-likeness (QED) is 0.540. The van der Waals surface area contributed by atoms with E-state index in [1.54, 1.807) is 30.9 Å². The molecule has 0 aliphatic carbocycles. The van der Waals surface area contributed by atoms with Crippen LogP contribution in [0.4, 0.5) is 0 Å². The molecule has 0 saturated heterocycles. The summed E-state index contributed by atoms with van der Waals surface area (Å²) in [4.78, 5) is 18.8. The number of rotatable bonds is 3. The highest BCUT2D eigenvalue weighted by molar-refractivity contribution is 5.94. The SMILES string of the molecule is Cn1nc(-c2nncn2-c2ccccc2)c2c1CCN(C(=O)c1cccnc1)C2. The Balaban J connectivity index is 1.53. The van der Waals surface area contributed by atoms with Crippen molar-refractivity contribution in [1.29, 1.82) is 0 Å². The fourth-order valence-electron chi connectivity index (χ4n) is 3.79. The number of nitrogens with zero attached hydrogens (tertiary/aromatic N) is 7. The minimum atomic E-state index is -0.0249. The maximum atomic E-state index is 12.9. The van der Waals surface area contributed by atoms with E-state index in [2.05, 4.69) is 15.2 Å². The molecule has 1 aliphatic heterocycles. The third-order valence-electron chi connectivity index (χ3n) is 5.23. The predicted octanol–water partition coefficient (Wildman–Crippen LogP) is 2.26. The van der Waals surface area contributed by atoms with Gasteiger partial charge in [0.15, 0.2) is 5.82 Å². The van der Waals surface area contributed by atoms with Crippen LogP contribution >= 0.6 is 0 Å². The third-order valence-corrected chi connectivity index (χ3v) is 5.23. The van der Waals surface area contributed by atoms with Gasteiger partial charge in [0, 0.05) is 49.4 Å². The number of carbonyl (C=O) groups excluding carboxylic acids is 1. The second-order valence-corrected chi connectivity index (χ2v) is 6.98. The third kappa shape index (κ3) is 2.98. The minimum absolute atomic E-state index is 0.0249. The Morgan fingerprint density at radius 1 is 1.10 bits per heavy atom. The molecule has 0 radical (unpaired) electrons. The predicted molar refractivity (Wildman–Crippen MR) is 106 cm³/mol. The van der Waals surface area contributed by atoms with Gasteiger partial charge >= 0.3 is 0 Å². The molecule has 0 atom stereocenters. The lowest BCUT2D eigenvalue weighted by Crippen LogP contribution is -2.36. The van der Waals surface area contributed by atoms with Crippen LogP contribution in [-0.2, 0) is 20.0 Å². The highest BCUT2D eigenvalue weighted by Gasteiger charge is 2.29. The largest absolute Gasteiger partial charge is 0.334 e. The number of benzene rings is 1. The molecule has 0 bridgehead atoms. The Kier molecular flexibility index (Phi) is 4.16. The Labute approximate surface area is 167 Å². The number of para-hydroxylation sites is 1. The fraction of sp³-hybridized carbons (Fsp3) is 0.190. The van der Waals surface area contributed by atoms with Gasteiger partial charge in [-0.1, -0.05) is 18.2 Å². The summed E-state index contributed by atoms with van der Waals surface area (Å²) in [6.07, 6.45) is 5.70. The van der Waals surface area contributed by atoms with Gasteiger partial charge in [-0.05, 0) is 24.3 Å². The molecule has 4 aromatic rings. The van der Waals surface area contributed by atoms with Crippen LogP contribution in [-0.4, -0.2) is 46.9 Å². The first kappa shape index (κ1) is 17.3. The van der Waals surface area contributed by atoms with Crippen molar-refractivity contribution in [2.75, 3.05) is 6.54 Å². The topological polar surface area (TPSA) is 81.7 Å². The van der Waals surface area contributed by atoms with Crippen molar-refractivity contribution in [3.05, 3.63) is 78.0 Å². The summed E-state index contributed by atoms with van der Waals surface area (Å²) in [5, 5.41) is 13.2. The van der Waals surface area contributed by atoms with Crippen LogP contribution in [0.1, 0.15) is 21.6 Å². The summed E-state index contributed by atoms with van der Waals surface area (Å²) in [7, 11) is 1.93. The lowest BCUT2D eigenvalue weighted by Gasteiger charge is -2.27. The normalized spacial score (nSPS) is 13.3. The van der Waals surface area contributed by atoms with Crippen molar-refractivity contribution in [3.8, 4) is 17.2 Å². The highest BCUT2D eigenvalue weighted by Crippen LogP contribution is 2.30. The molecule has 5 rings (SSSR count). The van der Waals surface area contributed by atoms with E-state index < -0.39 is 0 Å². The maximum Gasteiger partial charge on any atom is 0.255 e. The maximum absolute atomic E-state index is 12.9. The van der Waals surface area contributed by atoms with E-state index >= 15 is 0 Å². The van der Waals surface area contributed by atoms with Gasteiger partial charge in [-0.3, -0.25) is 19.0 Å². The van der Waals surface area contributed by atoms with Crippen LogP contribution in [0.5, 0.6) is 0 Å². The Bertz CT molecular complexity index is 1160. The van der Waals surface area contributed by atoms with Crippen molar-refractivity contribution in [1.82, 2.24) is 34.4 Å². The van der Waals surface area contributed by atoms with Gasteiger partial charge in [0.1, 0.15) is 12.0 Å². The minimum Gasteiger partial charge on any atom is -0.334 e. The van der Waals surface area contributed by atoms with Gasteiger partial charge in [0.25, 0.3) is 5.91 Å². The number of aryl methyl sites for hydroxylation is 1. The van der Waals surface area contributed by atoms with E-state index in [1.165, 1.54) is 0 Å². The molecule has 0 unspecified atom stereocenters. The monoisotopic (exact) mass is 385 g/mol. The molecule has 1 amide bonds. The molecule has 0 spiro atoms. The molecule has 144 valence electrons. The molecule has 8 nitrogen and oxygen atoms in total. The Morgan fingerprint density at radius 2 is 1.97 bits per heavy atom. The Hall–Kier alpha value is -3.81. The molecule has 0 saturated carbocycles. The van der Waals surface area contributed by atoms with Crippen molar-refractivity contribution in [2.45, 2.75) is 13.0 Å². The van der Waals surface area contributed by atoms with Gasteiger partial charge in [-0.15, -0.1) is 10.2 Å². The van der Waals surface area contributed by atoms with Crippen molar-refractivity contribution in [3.63, 3.8) is 0 Å². The van der Waals surface area contributed by atoms with Crippen molar-refractivity contribution < 1.29 is 4.79 Å². The number of amides is 1. The summed E-state index contributed by atoms with van der Waals surface area (Å²) in [6, 6.07) is 13.5. The number of fused-ring (bicyclic) bond motifs is 1. The average molecular weight is 385 g/mol. The molecule has 0 N–H and O–H groups in total. The van der Waals surface area contributed by atoms with Gasteiger partial charge in [0.2, 0.25) is 0 Å². The number of carbonyl (C=O) groups is 1. The zero-order valence-corrected chi connectivity index (χ0v) is 15.9. The van der Waals surface area contributed by atoms with Gasteiger partial charge < -0.3 is 4.90 Å². The first-order valence-electron chi connectivity index (χ1n) is 9.42. The molecule has 0 fully saturated rings. The molecule has 1 aliphatic rings. The highest BCUT2D eigenvalue weighted by atomic mass is 16.2. The zero-order chi connectivity index (χ0) is 19.8. The van der Waals surface area contributed by atoms with Crippen LogP contribution < -0.4 is 0 Å². The van der Waals surface area contributed by atoms with Gasteiger partial charge in [0.05, 0.1) is 12.1 Å². The van der Waals surface area contributed by atoms with E-state index in [4.69, 9.17) is 5.10 Å². The van der Waals surface area contributed by atoms with Crippen LogP contribution in [0.3, 0.4) is 0 Å². The second-order valence-electron chi connectivity index (χ2n) is 6.98. The van der Waals surface area contributed by atoms with Crippen LogP contribution in [0.15, 0.2) is 61.2 Å². The lowest BCUT2D eigenvalue weighted by atomic mass is 10.0. The summed E-state index contributed by atoms with van der Waals surface area (Å²) in [6.45, 7) is 1.12. The van der Waals surface area contributed by atoms with Gasteiger partial charge in [-0.25, -0.2) is 0 Å². The lowest BCUT2D eigenvalue weighted by molar-refractivity contribution is 0.0733. The molecule has 1 aromatic carbocycles. The molecular weight excluding hydrogens is 366 g/mol. The fourth-order valence-corrected chi connectivity index (χ4v) is 3.79. The summed E-state index contributed by atoms with van der Waals surface area (Å²) < 4.78 is 3.81. The summed E-state index contributed by atoms with van der Waals surface area (Å²) in [5.41, 5.74) is 4.45. The molecule has 8 heteroatoms. The molecule has 4 heterocycles. The number of hydrogen-bond acceptors (Lipinski definition) is 5. The molecule has 3 aromatic heterocycles. The zero-order valence-electron chi connectivity index (χ0n) is 15.9. The summed E-state index contributed by atoms with van der Waals surface area (Å²) >= 11 is 0. The second kappa shape index (κ2) is 6.97. The van der Waals surface area contributed by atoms with E-state index in [0.717, 1.165) is 29.1 Å². The van der Waals surface area contributed by atoms with Gasteiger partial charge in [-0.2, -0.15) is 5.10 Å². The smallest absolute Gasteiger partial charge is 0.255 e. The molecular formula is C21H19N7O. The van der Waals surface area contributed by atoms with Crippen molar-refractivity contribution in [2.24, 2.45) is 7.05 Å². The average Bonchev–Trinajstić information content (AvgIpc) is 3.39. The first-order chi connectivity index (χ1) is 14.2. The standard InChI is InChI=1S/C21H19N7O/c1-26-18-9-11-27(21(29)15-6-5-10-22-12-15)13-17(18)19(25-26)20-24-23-14-28(20)16-7-3-2-4-8-16/h2-8,10,12,14H,9,11,13H2,1H3. The molecule has 29 heavy (non-hydrogen) atoms. The number of hydrogen-bond donors (Lipinski definition) is 0. The van der Waals surface area contributed by atoms with Crippen LogP contribution in [0.2, 0.25) is 0 Å². The van der Waals surface area contributed by atoms with Crippen LogP contribution in [0, 0.1) is 0 Å². The van der Waals surface area contributed by atoms with Crippen molar-refractivity contribution >= 4 is 5.91 Å². The summed E-state index contributed by atoms with van der Waals surface area (Å²) in [5.74, 6) is 0.645. The van der Waals surface area contributed by atoms with E-state index in [0.29, 0.717) is 24.5 Å². The Morgan fingerprint density at radius 3 is 2.76 bits per heavy atom. The van der Waals surface area contributed by atoms with E-state index in [9.17, 15) is 4.79 Å². The number of aromatic nitrogens is 6. The van der Waals surface area contributed by atoms with E-state index in [-0.39, 0.29) is 5.91 Å². The first-order valence-corrected chi connectivity index (χ1v) is 9.42. The van der Waals surface area contributed by atoms with E-state index in [1.807, 2.05) is 51.5 Å². The number of pyridine rings is 1.